The maximum Gasteiger partial charge on any atom is 0.129 e. The Labute approximate surface area is 91.0 Å². The molecule has 1 aliphatic heterocycles. The number of nitrogens with zero attached hydrogens (tertiary/aromatic N) is 3. The molecule has 1 aromatic heterocycles. The van der Waals surface area contributed by atoms with Gasteiger partial charge in [-0.3, -0.25) is 4.21 Å². The Hall–Kier alpha value is -1.41. The van der Waals surface area contributed by atoms with Crippen LogP contribution >= 0.6 is 0 Å². The van der Waals surface area contributed by atoms with Gasteiger partial charge in [-0.25, -0.2) is 4.98 Å². The minimum Gasteiger partial charge on any atom is -0.355 e. The van der Waals surface area contributed by atoms with Crippen molar-refractivity contribution in [2.24, 2.45) is 0 Å². The fraction of sp³-hybridized carbons (Fsp3) is 0.400. The van der Waals surface area contributed by atoms with Crippen molar-refractivity contribution in [3.8, 4) is 6.07 Å². The molecule has 0 saturated carbocycles. The smallest absolute Gasteiger partial charge is 0.129 e. The highest BCUT2D eigenvalue weighted by Gasteiger charge is 2.16. The highest BCUT2D eigenvalue weighted by molar-refractivity contribution is 7.85. The van der Waals surface area contributed by atoms with Gasteiger partial charge in [0.2, 0.25) is 0 Å². The molecule has 0 N–H and O–H groups in total. The number of pyridine rings is 1. The molecule has 2 rings (SSSR count). The van der Waals surface area contributed by atoms with Crippen molar-refractivity contribution >= 4 is 16.6 Å². The summed E-state index contributed by atoms with van der Waals surface area (Å²) >= 11 is 0. The summed E-state index contributed by atoms with van der Waals surface area (Å²) in [5.74, 6) is 2.20. The lowest BCUT2D eigenvalue weighted by Gasteiger charge is -2.27. The number of hydrogen-bond donors (Lipinski definition) is 0. The van der Waals surface area contributed by atoms with Crippen molar-refractivity contribution < 1.29 is 4.21 Å². The van der Waals surface area contributed by atoms with Crippen molar-refractivity contribution in [1.82, 2.24) is 4.98 Å². The van der Waals surface area contributed by atoms with Crippen molar-refractivity contribution in [3.05, 3.63) is 23.9 Å². The predicted molar refractivity (Wildman–Crippen MR) is 59.0 cm³/mol. The molecule has 0 bridgehead atoms. The van der Waals surface area contributed by atoms with Gasteiger partial charge >= 0.3 is 0 Å². The van der Waals surface area contributed by atoms with Gasteiger partial charge in [-0.05, 0) is 12.1 Å². The molecule has 1 saturated heterocycles. The molecule has 0 atom stereocenters. The zero-order chi connectivity index (χ0) is 10.7. The van der Waals surface area contributed by atoms with E-state index in [2.05, 4.69) is 16.0 Å². The molecule has 0 spiro atoms. The second-order valence-electron chi connectivity index (χ2n) is 3.35. The van der Waals surface area contributed by atoms with Crippen LogP contribution in [0.25, 0.3) is 0 Å². The van der Waals surface area contributed by atoms with Crippen LogP contribution in [0, 0.1) is 11.3 Å². The molecule has 2 heterocycles. The first-order valence-electron chi connectivity index (χ1n) is 4.75. The summed E-state index contributed by atoms with van der Waals surface area (Å²) in [7, 11) is -0.676. The minimum atomic E-state index is -0.676. The highest BCUT2D eigenvalue weighted by Crippen LogP contribution is 2.14. The SMILES string of the molecule is N#Cc1ccnc(N2CCS(=O)CC2)c1. The van der Waals surface area contributed by atoms with Gasteiger partial charge in [-0.1, -0.05) is 0 Å². The monoisotopic (exact) mass is 221 g/mol. The minimum absolute atomic E-state index is 0.617. The van der Waals surface area contributed by atoms with Gasteiger partial charge in [0.05, 0.1) is 11.6 Å². The predicted octanol–water partition coefficient (Wildman–Crippen LogP) is 0.522. The van der Waals surface area contributed by atoms with Gasteiger partial charge in [0.15, 0.2) is 0 Å². The molecule has 0 aromatic carbocycles. The number of anilines is 1. The average Bonchev–Trinajstić information content (AvgIpc) is 2.30. The lowest BCUT2D eigenvalue weighted by atomic mass is 10.3. The Kier molecular flexibility index (Phi) is 2.97. The summed E-state index contributed by atoms with van der Waals surface area (Å²) in [4.78, 5) is 6.28. The van der Waals surface area contributed by atoms with Gasteiger partial charge < -0.3 is 4.90 Å². The molecule has 1 aromatic rings. The van der Waals surface area contributed by atoms with Crippen molar-refractivity contribution in [1.29, 1.82) is 5.26 Å². The molecule has 0 amide bonds. The molecular formula is C10H11N3OS. The molecule has 0 unspecified atom stereocenters. The molecular weight excluding hydrogens is 210 g/mol. The lowest BCUT2D eigenvalue weighted by Crippen LogP contribution is -2.38. The van der Waals surface area contributed by atoms with Crippen LogP contribution < -0.4 is 4.90 Å². The average molecular weight is 221 g/mol. The number of rotatable bonds is 1. The third-order valence-electron chi connectivity index (χ3n) is 2.38. The standard InChI is InChI=1S/C10H11N3OS/c11-8-9-1-2-12-10(7-9)13-3-5-15(14)6-4-13/h1-2,7H,3-6H2. The third kappa shape index (κ3) is 2.34. The van der Waals surface area contributed by atoms with Crippen LogP contribution in [-0.4, -0.2) is 33.8 Å². The van der Waals surface area contributed by atoms with E-state index in [0.29, 0.717) is 17.1 Å². The Balaban J connectivity index is 2.16. The van der Waals surface area contributed by atoms with Crippen LogP contribution in [0.4, 0.5) is 5.82 Å². The van der Waals surface area contributed by atoms with Gasteiger partial charge in [0.1, 0.15) is 5.82 Å². The first-order valence-corrected chi connectivity index (χ1v) is 6.24. The normalized spacial score (nSPS) is 17.4. The van der Waals surface area contributed by atoms with E-state index in [0.717, 1.165) is 18.9 Å². The van der Waals surface area contributed by atoms with E-state index >= 15 is 0 Å². The van der Waals surface area contributed by atoms with Crippen LogP contribution in [0.2, 0.25) is 0 Å². The van der Waals surface area contributed by atoms with Gasteiger partial charge in [-0.15, -0.1) is 0 Å². The quantitative estimate of drug-likeness (QED) is 0.694. The number of hydrogen-bond acceptors (Lipinski definition) is 4. The van der Waals surface area contributed by atoms with Gasteiger partial charge in [0, 0.05) is 41.6 Å². The van der Waals surface area contributed by atoms with Crippen molar-refractivity contribution in [2.75, 3.05) is 29.5 Å². The first-order chi connectivity index (χ1) is 7.29. The maximum absolute atomic E-state index is 11.2. The van der Waals surface area contributed by atoms with Crippen LogP contribution in [0.1, 0.15) is 5.56 Å². The molecule has 5 heteroatoms. The largest absolute Gasteiger partial charge is 0.355 e. The summed E-state index contributed by atoms with van der Waals surface area (Å²) in [6, 6.07) is 5.55. The van der Waals surface area contributed by atoms with Crippen LogP contribution in [-0.2, 0) is 10.8 Å². The molecule has 78 valence electrons. The summed E-state index contributed by atoms with van der Waals surface area (Å²) in [5, 5.41) is 8.76. The zero-order valence-corrected chi connectivity index (χ0v) is 9.04. The van der Waals surface area contributed by atoms with Crippen LogP contribution in [0.5, 0.6) is 0 Å². The second kappa shape index (κ2) is 4.41. The van der Waals surface area contributed by atoms with E-state index in [1.165, 1.54) is 0 Å². The summed E-state index contributed by atoms with van der Waals surface area (Å²) in [6.07, 6.45) is 1.64. The van der Waals surface area contributed by atoms with Gasteiger partial charge in [-0.2, -0.15) is 5.26 Å². The highest BCUT2D eigenvalue weighted by atomic mass is 32.2. The number of aromatic nitrogens is 1. The maximum atomic E-state index is 11.2. The molecule has 1 fully saturated rings. The Morgan fingerprint density at radius 1 is 1.47 bits per heavy atom. The van der Waals surface area contributed by atoms with E-state index in [9.17, 15) is 4.21 Å². The van der Waals surface area contributed by atoms with E-state index in [4.69, 9.17) is 5.26 Å². The molecule has 0 radical (unpaired) electrons. The lowest BCUT2D eigenvalue weighted by molar-refractivity contribution is 0.672. The van der Waals surface area contributed by atoms with E-state index in [1.807, 2.05) is 0 Å². The Morgan fingerprint density at radius 2 is 2.20 bits per heavy atom. The molecule has 15 heavy (non-hydrogen) atoms. The summed E-state index contributed by atoms with van der Waals surface area (Å²) in [6.45, 7) is 1.52. The van der Waals surface area contributed by atoms with E-state index in [-0.39, 0.29) is 0 Å². The van der Waals surface area contributed by atoms with Crippen molar-refractivity contribution in [3.63, 3.8) is 0 Å². The third-order valence-corrected chi connectivity index (χ3v) is 3.65. The first kappa shape index (κ1) is 10.1. The topological polar surface area (TPSA) is 57.0 Å². The second-order valence-corrected chi connectivity index (χ2v) is 5.05. The summed E-state index contributed by atoms with van der Waals surface area (Å²) in [5.41, 5.74) is 0.617. The van der Waals surface area contributed by atoms with E-state index < -0.39 is 10.8 Å². The Bertz CT molecular complexity index is 417. The Morgan fingerprint density at radius 3 is 2.87 bits per heavy atom. The number of nitriles is 1. The fourth-order valence-electron chi connectivity index (χ4n) is 1.53. The molecule has 4 nitrogen and oxygen atoms in total. The van der Waals surface area contributed by atoms with Gasteiger partial charge in [0.25, 0.3) is 0 Å². The fourth-order valence-corrected chi connectivity index (χ4v) is 2.58. The van der Waals surface area contributed by atoms with Crippen LogP contribution in [0.3, 0.4) is 0 Å². The molecule has 0 aliphatic carbocycles. The molecule has 1 aliphatic rings. The summed E-state index contributed by atoms with van der Waals surface area (Å²) < 4.78 is 11.2. The van der Waals surface area contributed by atoms with E-state index in [1.54, 1.807) is 18.3 Å². The zero-order valence-electron chi connectivity index (χ0n) is 8.22. The van der Waals surface area contributed by atoms with Crippen LogP contribution in [0.15, 0.2) is 18.3 Å². The van der Waals surface area contributed by atoms with Crippen molar-refractivity contribution in [2.45, 2.75) is 0 Å².